The maximum absolute atomic E-state index is 13.1. The molecule has 1 amide bonds. The highest BCUT2D eigenvalue weighted by Gasteiger charge is 2.43. The van der Waals surface area contributed by atoms with Crippen LogP contribution in [-0.4, -0.2) is 56.2 Å². The van der Waals surface area contributed by atoms with Crippen LogP contribution in [0.3, 0.4) is 0 Å². The summed E-state index contributed by atoms with van der Waals surface area (Å²) in [4.78, 5) is 27.9. The van der Waals surface area contributed by atoms with Crippen LogP contribution >= 0.6 is 11.3 Å². The van der Waals surface area contributed by atoms with Crippen LogP contribution in [-0.2, 0) is 9.53 Å². The van der Waals surface area contributed by atoms with E-state index in [0.717, 1.165) is 0 Å². The molecule has 1 aromatic carbocycles. The number of ketones is 1. The summed E-state index contributed by atoms with van der Waals surface area (Å²) in [6.07, 6.45) is 0.569. The lowest BCUT2D eigenvalue weighted by atomic mass is 9.95. The van der Waals surface area contributed by atoms with Crippen LogP contribution in [0.2, 0.25) is 0 Å². The van der Waals surface area contributed by atoms with Crippen molar-refractivity contribution in [3.8, 4) is 11.5 Å². The number of carbonyl (C=O) groups is 2. The zero-order valence-corrected chi connectivity index (χ0v) is 17.3. The highest BCUT2D eigenvalue weighted by molar-refractivity contribution is 7.12. The fourth-order valence-electron chi connectivity index (χ4n) is 3.41. The lowest BCUT2D eigenvalue weighted by Gasteiger charge is -2.27. The maximum atomic E-state index is 13.1. The standard InChI is InChI=1S/C21H23NO6S/c1-26-10-5-9-22-18(13-7-8-14(27-2)15(12-13)28-3)17(20(24)21(22)25)19(23)16-6-4-11-29-16/h4,6-8,11-12,18,24H,5,9-10H2,1-3H3/t18-/m0/s1. The van der Waals surface area contributed by atoms with E-state index < -0.39 is 17.7 Å². The molecule has 0 radical (unpaired) electrons. The number of methoxy groups -OCH3 is 3. The van der Waals surface area contributed by atoms with Gasteiger partial charge in [-0.3, -0.25) is 9.59 Å². The van der Waals surface area contributed by atoms with Crippen LogP contribution in [0.5, 0.6) is 11.5 Å². The third-order valence-corrected chi connectivity index (χ3v) is 5.63. The minimum absolute atomic E-state index is 0.0714. The van der Waals surface area contributed by atoms with Gasteiger partial charge >= 0.3 is 0 Å². The predicted molar refractivity (Wildman–Crippen MR) is 109 cm³/mol. The molecule has 2 heterocycles. The minimum atomic E-state index is -0.728. The highest BCUT2D eigenvalue weighted by atomic mass is 32.1. The van der Waals surface area contributed by atoms with E-state index in [1.165, 1.54) is 30.5 Å². The summed E-state index contributed by atoms with van der Waals surface area (Å²) in [7, 11) is 4.63. The van der Waals surface area contributed by atoms with E-state index in [4.69, 9.17) is 14.2 Å². The van der Waals surface area contributed by atoms with E-state index in [9.17, 15) is 14.7 Å². The topological polar surface area (TPSA) is 85.3 Å². The molecule has 0 fully saturated rings. The third kappa shape index (κ3) is 3.99. The number of hydrogen-bond acceptors (Lipinski definition) is 7. The van der Waals surface area contributed by atoms with Crippen molar-refractivity contribution < 1.29 is 28.9 Å². The van der Waals surface area contributed by atoms with E-state index in [1.54, 1.807) is 42.8 Å². The Morgan fingerprint density at radius 2 is 1.93 bits per heavy atom. The molecule has 29 heavy (non-hydrogen) atoms. The van der Waals surface area contributed by atoms with Gasteiger partial charge in [0.2, 0.25) is 5.78 Å². The Hall–Kier alpha value is -2.84. The lowest BCUT2D eigenvalue weighted by Crippen LogP contribution is -2.32. The molecule has 7 nitrogen and oxygen atoms in total. The second-order valence-corrected chi connectivity index (χ2v) is 7.38. The number of thiophene rings is 1. The zero-order valence-electron chi connectivity index (χ0n) is 16.5. The van der Waals surface area contributed by atoms with E-state index in [0.29, 0.717) is 41.5 Å². The van der Waals surface area contributed by atoms with Crippen molar-refractivity contribution in [1.82, 2.24) is 4.90 Å². The summed E-state index contributed by atoms with van der Waals surface area (Å²) in [6.45, 7) is 0.786. The van der Waals surface area contributed by atoms with E-state index >= 15 is 0 Å². The van der Waals surface area contributed by atoms with E-state index in [2.05, 4.69) is 0 Å². The number of ether oxygens (including phenoxy) is 3. The van der Waals surface area contributed by atoms with Gasteiger partial charge in [-0.25, -0.2) is 0 Å². The van der Waals surface area contributed by atoms with Gasteiger partial charge in [0.25, 0.3) is 5.91 Å². The van der Waals surface area contributed by atoms with Crippen molar-refractivity contribution in [3.05, 3.63) is 57.5 Å². The van der Waals surface area contributed by atoms with Crippen molar-refractivity contribution in [2.45, 2.75) is 12.5 Å². The lowest BCUT2D eigenvalue weighted by molar-refractivity contribution is -0.129. The van der Waals surface area contributed by atoms with Gasteiger partial charge in [0.05, 0.1) is 30.7 Å². The van der Waals surface area contributed by atoms with Gasteiger partial charge in [0.1, 0.15) is 0 Å². The monoisotopic (exact) mass is 417 g/mol. The molecule has 0 aliphatic carbocycles. The fourth-order valence-corrected chi connectivity index (χ4v) is 4.08. The van der Waals surface area contributed by atoms with Crippen molar-refractivity contribution in [2.75, 3.05) is 34.5 Å². The normalized spacial score (nSPS) is 16.4. The van der Waals surface area contributed by atoms with Crippen molar-refractivity contribution in [1.29, 1.82) is 0 Å². The first kappa shape index (κ1) is 20.9. The van der Waals surface area contributed by atoms with Crippen molar-refractivity contribution >= 4 is 23.0 Å². The molecule has 1 aromatic heterocycles. The number of aliphatic hydroxyl groups excluding tert-OH is 1. The molecule has 154 valence electrons. The number of rotatable bonds is 9. The second kappa shape index (κ2) is 9.11. The first-order valence-electron chi connectivity index (χ1n) is 9.06. The molecule has 0 bridgehead atoms. The van der Waals surface area contributed by atoms with Gasteiger partial charge in [-0.1, -0.05) is 12.1 Å². The van der Waals surface area contributed by atoms with Gasteiger partial charge in [-0.2, -0.15) is 0 Å². The molecule has 1 atom stereocenters. The van der Waals surface area contributed by atoms with Gasteiger partial charge < -0.3 is 24.2 Å². The quantitative estimate of drug-likeness (QED) is 0.497. The van der Waals surface area contributed by atoms with Crippen molar-refractivity contribution in [3.63, 3.8) is 0 Å². The Bertz CT molecular complexity index is 921. The van der Waals surface area contributed by atoms with Crippen LogP contribution in [0.4, 0.5) is 0 Å². The Morgan fingerprint density at radius 1 is 1.17 bits per heavy atom. The number of carbonyl (C=O) groups excluding carboxylic acids is 2. The molecular weight excluding hydrogens is 394 g/mol. The van der Waals surface area contributed by atoms with Crippen molar-refractivity contribution in [2.24, 2.45) is 0 Å². The van der Waals surface area contributed by atoms with Crippen LogP contribution in [0.1, 0.15) is 27.7 Å². The van der Waals surface area contributed by atoms with Crippen LogP contribution in [0.25, 0.3) is 0 Å². The number of amides is 1. The molecule has 2 aromatic rings. The van der Waals surface area contributed by atoms with Gasteiger partial charge in [-0.05, 0) is 35.6 Å². The predicted octanol–water partition coefficient (Wildman–Crippen LogP) is 3.38. The average Bonchev–Trinajstić information content (AvgIpc) is 3.36. The Kier molecular flexibility index (Phi) is 6.56. The molecule has 0 saturated carbocycles. The third-order valence-electron chi connectivity index (χ3n) is 4.76. The van der Waals surface area contributed by atoms with E-state index in [-0.39, 0.29) is 11.4 Å². The van der Waals surface area contributed by atoms with Gasteiger partial charge in [0.15, 0.2) is 17.3 Å². The molecule has 0 unspecified atom stereocenters. The van der Waals surface area contributed by atoms with Gasteiger partial charge in [-0.15, -0.1) is 11.3 Å². The summed E-state index contributed by atoms with van der Waals surface area (Å²) in [5.74, 6) is -0.435. The van der Waals surface area contributed by atoms with Crippen LogP contribution in [0, 0.1) is 0 Å². The Balaban J connectivity index is 2.07. The number of aliphatic hydroxyl groups is 1. The first-order chi connectivity index (χ1) is 14.0. The number of Topliss-reactive ketones (excluding diaryl/α,β-unsaturated/α-hetero) is 1. The highest BCUT2D eigenvalue weighted by Crippen LogP contribution is 2.42. The largest absolute Gasteiger partial charge is 0.503 e. The van der Waals surface area contributed by atoms with Crippen LogP contribution < -0.4 is 9.47 Å². The Labute approximate surface area is 173 Å². The molecule has 0 spiro atoms. The molecular formula is C21H23NO6S. The molecule has 0 saturated heterocycles. The second-order valence-electron chi connectivity index (χ2n) is 6.43. The fraction of sp³-hybridized carbons (Fsp3) is 0.333. The maximum Gasteiger partial charge on any atom is 0.290 e. The van der Waals surface area contributed by atoms with E-state index in [1.807, 2.05) is 0 Å². The summed E-state index contributed by atoms with van der Waals surface area (Å²) >= 11 is 1.27. The molecule has 1 aliphatic heterocycles. The van der Waals surface area contributed by atoms with Crippen LogP contribution in [0.15, 0.2) is 47.0 Å². The minimum Gasteiger partial charge on any atom is -0.503 e. The molecule has 3 rings (SSSR count). The number of benzene rings is 1. The summed E-state index contributed by atoms with van der Waals surface area (Å²) in [5.41, 5.74) is 0.722. The number of nitrogens with zero attached hydrogens (tertiary/aromatic N) is 1. The smallest absolute Gasteiger partial charge is 0.290 e. The first-order valence-corrected chi connectivity index (χ1v) is 9.94. The van der Waals surface area contributed by atoms with Gasteiger partial charge in [0, 0.05) is 20.3 Å². The SMILES string of the molecule is COCCCN1C(=O)C(O)=C(C(=O)c2cccs2)[C@@H]1c1ccc(OC)c(OC)c1. The Morgan fingerprint density at radius 3 is 2.55 bits per heavy atom. The molecule has 1 aliphatic rings. The molecule has 1 N–H and O–H groups in total. The summed E-state index contributed by atoms with van der Waals surface area (Å²) in [6, 6.07) is 7.91. The zero-order chi connectivity index (χ0) is 21.0. The summed E-state index contributed by atoms with van der Waals surface area (Å²) in [5, 5.41) is 12.4. The molecule has 8 heteroatoms. The average molecular weight is 417 g/mol. The summed E-state index contributed by atoms with van der Waals surface area (Å²) < 4.78 is 15.8. The number of hydrogen-bond donors (Lipinski definition) is 1.